The fraction of sp³-hybridized carbons (Fsp3) is 0. The van der Waals surface area contributed by atoms with Gasteiger partial charge in [0.15, 0.2) is 0 Å². The van der Waals surface area contributed by atoms with Crippen LogP contribution in [0.1, 0.15) is 0 Å². The molecule has 8 rings (SSSR count). The Morgan fingerprint density at radius 1 is 0.394 bits per heavy atom. The molecule has 1 heterocycles. The molecule has 1 aromatic heterocycles. The second-order valence-corrected chi connectivity index (χ2v) is 10.0. The standard InChI is InChI=1S/C32H18S/c1-2-7-26-19(4-1)12-15-28-27-14-13-22(18-29(27)33-32(26)28)25-16-23-10-8-20-5-3-6-21-9-11-24(17-25)31(23)30(20)21/h1-18H. The lowest BCUT2D eigenvalue weighted by molar-refractivity contribution is 1.72. The zero-order valence-corrected chi connectivity index (χ0v) is 18.6. The maximum Gasteiger partial charge on any atom is 0.0433 e. The summed E-state index contributed by atoms with van der Waals surface area (Å²) in [4.78, 5) is 0. The molecular formula is C32H18S. The van der Waals surface area contributed by atoms with Crippen molar-refractivity contribution in [2.24, 2.45) is 0 Å². The third-order valence-electron chi connectivity index (χ3n) is 7.16. The normalized spacial score (nSPS) is 12.2. The zero-order valence-electron chi connectivity index (χ0n) is 17.8. The van der Waals surface area contributed by atoms with E-state index in [1.165, 1.54) is 74.4 Å². The molecule has 0 bridgehead atoms. The molecule has 1 heteroatoms. The van der Waals surface area contributed by atoms with E-state index in [1.807, 2.05) is 11.3 Å². The number of fused-ring (bicyclic) bond motifs is 5. The number of rotatable bonds is 1. The molecule has 0 aliphatic heterocycles. The van der Waals surface area contributed by atoms with Gasteiger partial charge in [0.25, 0.3) is 0 Å². The van der Waals surface area contributed by atoms with E-state index >= 15 is 0 Å². The van der Waals surface area contributed by atoms with Gasteiger partial charge in [-0.05, 0) is 72.4 Å². The smallest absolute Gasteiger partial charge is 0.0433 e. The average Bonchev–Trinajstić information content (AvgIpc) is 3.25. The van der Waals surface area contributed by atoms with Crippen LogP contribution in [0.4, 0.5) is 0 Å². The Morgan fingerprint density at radius 2 is 1.03 bits per heavy atom. The molecule has 0 atom stereocenters. The maximum absolute atomic E-state index is 2.38. The molecule has 0 aliphatic carbocycles. The Morgan fingerprint density at radius 3 is 1.85 bits per heavy atom. The van der Waals surface area contributed by atoms with E-state index in [-0.39, 0.29) is 0 Å². The summed E-state index contributed by atoms with van der Waals surface area (Å²) in [6, 6.07) is 40.6. The highest BCUT2D eigenvalue weighted by atomic mass is 32.1. The summed E-state index contributed by atoms with van der Waals surface area (Å²) >= 11 is 1.91. The van der Waals surface area contributed by atoms with Gasteiger partial charge in [0.2, 0.25) is 0 Å². The first-order valence-electron chi connectivity index (χ1n) is 11.4. The first-order chi connectivity index (χ1) is 16.3. The monoisotopic (exact) mass is 434 g/mol. The van der Waals surface area contributed by atoms with Gasteiger partial charge in [-0.3, -0.25) is 0 Å². The number of hydrogen-bond donors (Lipinski definition) is 0. The fourth-order valence-electron chi connectivity index (χ4n) is 5.60. The third-order valence-corrected chi connectivity index (χ3v) is 8.36. The Balaban J connectivity index is 1.39. The summed E-state index contributed by atoms with van der Waals surface area (Å²) in [6.45, 7) is 0. The minimum atomic E-state index is 1.28. The van der Waals surface area contributed by atoms with Crippen molar-refractivity contribution in [3.63, 3.8) is 0 Å². The van der Waals surface area contributed by atoms with Crippen LogP contribution < -0.4 is 0 Å². The van der Waals surface area contributed by atoms with Crippen LogP contribution >= 0.6 is 11.3 Å². The summed E-state index contributed by atoms with van der Waals surface area (Å²) < 4.78 is 2.74. The van der Waals surface area contributed by atoms with Crippen molar-refractivity contribution < 1.29 is 0 Å². The van der Waals surface area contributed by atoms with Gasteiger partial charge >= 0.3 is 0 Å². The van der Waals surface area contributed by atoms with Crippen LogP contribution in [0.25, 0.3) is 74.4 Å². The number of thiophene rings is 1. The molecule has 7 aromatic carbocycles. The summed E-state index contributed by atoms with van der Waals surface area (Å²) in [7, 11) is 0. The molecular weight excluding hydrogens is 416 g/mol. The second kappa shape index (κ2) is 6.31. The van der Waals surface area contributed by atoms with Crippen molar-refractivity contribution >= 4 is 74.6 Å². The van der Waals surface area contributed by atoms with Gasteiger partial charge in [0, 0.05) is 20.2 Å². The van der Waals surface area contributed by atoms with Crippen LogP contribution in [0, 0.1) is 0 Å². The highest BCUT2D eigenvalue weighted by molar-refractivity contribution is 7.26. The van der Waals surface area contributed by atoms with Crippen molar-refractivity contribution in [1.82, 2.24) is 0 Å². The first-order valence-corrected chi connectivity index (χ1v) is 12.2. The highest BCUT2D eigenvalue weighted by Crippen LogP contribution is 2.41. The van der Waals surface area contributed by atoms with Crippen molar-refractivity contribution in [3.8, 4) is 11.1 Å². The maximum atomic E-state index is 2.38. The predicted octanol–water partition coefficient (Wildman–Crippen LogP) is 9.77. The Labute approximate surface area is 194 Å². The van der Waals surface area contributed by atoms with Gasteiger partial charge < -0.3 is 0 Å². The lowest BCUT2D eigenvalue weighted by Gasteiger charge is -2.12. The van der Waals surface area contributed by atoms with E-state index in [9.17, 15) is 0 Å². The number of hydrogen-bond acceptors (Lipinski definition) is 1. The van der Waals surface area contributed by atoms with E-state index in [1.54, 1.807) is 0 Å². The third kappa shape index (κ3) is 2.40. The first kappa shape index (κ1) is 17.6. The van der Waals surface area contributed by atoms with Gasteiger partial charge in [-0.2, -0.15) is 0 Å². The van der Waals surface area contributed by atoms with Gasteiger partial charge in [-0.25, -0.2) is 0 Å². The molecule has 0 unspecified atom stereocenters. The molecule has 0 N–H and O–H groups in total. The average molecular weight is 435 g/mol. The quantitative estimate of drug-likeness (QED) is 0.226. The van der Waals surface area contributed by atoms with E-state index in [0.717, 1.165) is 0 Å². The Hall–Kier alpha value is -3.94. The van der Waals surface area contributed by atoms with Crippen LogP contribution in [0.5, 0.6) is 0 Å². The van der Waals surface area contributed by atoms with Crippen LogP contribution in [-0.4, -0.2) is 0 Å². The second-order valence-electron chi connectivity index (χ2n) is 8.98. The van der Waals surface area contributed by atoms with Crippen LogP contribution in [0.2, 0.25) is 0 Å². The Bertz CT molecular complexity index is 1960. The lowest BCUT2D eigenvalue weighted by atomic mass is 9.91. The molecule has 0 radical (unpaired) electrons. The largest absolute Gasteiger partial charge is 0.135 e. The Kier molecular flexibility index (Phi) is 3.37. The van der Waals surface area contributed by atoms with Gasteiger partial charge in [0.05, 0.1) is 0 Å². The van der Waals surface area contributed by atoms with E-state index in [0.29, 0.717) is 0 Å². The van der Waals surface area contributed by atoms with Crippen LogP contribution in [0.3, 0.4) is 0 Å². The van der Waals surface area contributed by atoms with Gasteiger partial charge in [0.1, 0.15) is 0 Å². The van der Waals surface area contributed by atoms with Crippen molar-refractivity contribution in [1.29, 1.82) is 0 Å². The minimum Gasteiger partial charge on any atom is -0.135 e. The van der Waals surface area contributed by atoms with Gasteiger partial charge in [-0.15, -0.1) is 11.3 Å². The minimum absolute atomic E-state index is 1.28. The molecule has 0 amide bonds. The van der Waals surface area contributed by atoms with Gasteiger partial charge in [-0.1, -0.05) is 91.0 Å². The molecule has 0 spiro atoms. The molecule has 0 saturated heterocycles. The molecule has 0 nitrogen and oxygen atoms in total. The van der Waals surface area contributed by atoms with Crippen molar-refractivity contribution in [3.05, 3.63) is 109 Å². The molecule has 0 fully saturated rings. The summed E-state index contributed by atoms with van der Waals surface area (Å²) in [6.07, 6.45) is 0. The predicted molar refractivity (Wildman–Crippen MR) is 146 cm³/mol. The van der Waals surface area contributed by atoms with Crippen LogP contribution in [-0.2, 0) is 0 Å². The van der Waals surface area contributed by atoms with E-state index < -0.39 is 0 Å². The SMILES string of the molecule is c1ccc2c(c1)ccc1c3ccc(-c4cc5ccc6cccc7ccc(c4)c5c67)cc3sc21. The lowest BCUT2D eigenvalue weighted by Crippen LogP contribution is -1.85. The highest BCUT2D eigenvalue weighted by Gasteiger charge is 2.12. The summed E-state index contributed by atoms with van der Waals surface area (Å²) in [5.74, 6) is 0. The molecule has 0 aliphatic rings. The topological polar surface area (TPSA) is 0 Å². The summed E-state index contributed by atoms with van der Waals surface area (Å²) in [5, 5.41) is 13.4. The van der Waals surface area contributed by atoms with E-state index in [4.69, 9.17) is 0 Å². The molecule has 8 aromatic rings. The number of benzene rings is 7. The van der Waals surface area contributed by atoms with E-state index in [2.05, 4.69) is 109 Å². The van der Waals surface area contributed by atoms with Crippen molar-refractivity contribution in [2.45, 2.75) is 0 Å². The molecule has 152 valence electrons. The van der Waals surface area contributed by atoms with Crippen molar-refractivity contribution in [2.75, 3.05) is 0 Å². The van der Waals surface area contributed by atoms with Crippen LogP contribution in [0.15, 0.2) is 109 Å². The fourth-order valence-corrected chi connectivity index (χ4v) is 6.88. The summed E-state index contributed by atoms with van der Waals surface area (Å²) in [5.41, 5.74) is 2.56. The molecule has 33 heavy (non-hydrogen) atoms. The molecule has 0 saturated carbocycles. The zero-order chi connectivity index (χ0) is 21.5.